The second kappa shape index (κ2) is 4.18. The van der Waals surface area contributed by atoms with Crippen LogP contribution in [0.5, 0.6) is 0 Å². The summed E-state index contributed by atoms with van der Waals surface area (Å²) >= 11 is 1.61. The molecule has 0 saturated heterocycles. The van der Waals surface area contributed by atoms with Crippen molar-refractivity contribution in [3.63, 3.8) is 0 Å². The van der Waals surface area contributed by atoms with Gasteiger partial charge in [0.15, 0.2) is 0 Å². The number of aromatic nitrogens is 1. The van der Waals surface area contributed by atoms with Gasteiger partial charge in [0.05, 0.1) is 10.7 Å². The summed E-state index contributed by atoms with van der Waals surface area (Å²) in [7, 11) is 0. The average molecular weight is 197 g/mol. The Balaban J connectivity index is 2.92. The number of thiazole rings is 1. The highest BCUT2D eigenvalue weighted by Crippen LogP contribution is 2.19. The Morgan fingerprint density at radius 1 is 1.69 bits per heavy atom. The van der Waals surface area contributed by atoms with Crippen molar-refractivity contribution in [1.82, 2.24) is 4.98 Å². The van der Waals surface area contributed by atoms with Crippen molar-refractivity contribution >= 4 is 23.4 Å². The van der Waals surface area contributed by atoms with Crippen molar-refractivity contribution in [3.8, 4) is 0 Å². The summed E-state index contributed by atoms with van der Waals surface area (Å²) < 4.78 is 0. The minimum atomic E-state index is -0.937. The summed E-state index contributed by atoms with van der Waals surface area (Å²) in [5.74, 6) is -0.937. The molecule has 0 spiro atoms. The topological polar surface area (TPSA) is 50.2 Å². The number of carboxylic acid groups (broad SMARTS) is 1. The third kappa shape index (κ3) is 2.66. The highest BCUT2D eigenvalue weighted by molar-refractivity contribution is 7.11. The van der Waals surface area contributed by atoms with Gasteiger partial charge in [0, 0.05) is 11.0 Å². The molecule has 0 aliphatic heterocycles. The molecule has 0 aliphatic carbocycles. The molecule has 0 bridgehead atoms. The third-order valence-corrected chi connectivity index (χ3v) is 2.67. The van der Waals surface area contributed by atoms with Crippen LogP contribution in [0.3, 0.4) is 0 Å². The number of hydrogen-bond donors (Lipinski definition) is 1. The molecule has 0 fully saturated rings. The standard InChI is InChI=1S/C9H11NO2S/c1-3-8-7(4-5-9(11)12)10-6(2)13-8/h4-5H,3H2,1-2H3,(H,11,12). The van der Waals surface area contributed by atoms with Crippen molar-refractivity contribution < 1.29 is 9.90 Å². The highest BCUT2D eigenvalue weighted by Gasteiger charge is 2.03. The van der Waals surface area contributed by atoms with Gasteiger partial charge in [0.25, 0.3) is 0 Å². The van der Waals surface area contributed by atoms with E-state index in [0.29, 0.717) is 0 Å². The van der Waals surface area contributed by atoms with Gasteiger partial charge in [0.2, 0.25) is 0 Å². The SMILES string of the molecule is CCc1sc(C)nc1C=CC(=O)O. The summed E-state index contributed by atoms with van der Waals surface area (Å²) in [6, 6.07) is 0. The van der Waals surface area contributed by atoms with E-state index in [1.807, 2.05) is 13.8 Å². The number of carbonyl (C=O) groups is 1. The van der Waals surface area contributed by atoms with E-state index >= 15 is 0 Å². The zero-order chi connectivity index (χ0) is 9.84. The van der Waals surface area contributed by atoms with Gasteiger partial charge in [-0.1, -0.05) is 6.92 Å². The molecule has 0 aliphatic rings. The molecule has 1 heterocycles. The zero-order valence-corrected chi connectivity index (χ0v) is 8.39. The lowest BCUT2D eigenvalue weighted by Gasteiger charge is -1.89. The van der Waals surface area contributed by atoms with E-state index in [9.17, 15) is 4.79 Å². The third-order valence-electron chi connectivity index (χ3n) is 1.54. The number of rotatable bonds is 3. The van der Waals surface area contributed by atoms with Crippen LogP contribution in [0.1, 0.15) is 22.5 Å². The first-order valence-corrected chi connectivity index (χ1v) is 4.82. The van der Waals surface area contributed by atoms with E-state index < -0.39 is 5.97 Å². The number of aliphatic carboxylic acids is 1. The van der Waals surface area contributed by atoms with Crippen LogP contribution in [-0.2, 0) is 11.2 Å². The molecule has 3 nitrogen and oxygen atoms in total. The molecule has 0 atom stereocenters. The van der Waals surface area contributed by atoms with Crippen LogP contribution < -0.4 is 0 Å². The molecule has 0 unspecified atom stereocenters. The van der Waals surface area contributed by atoms with Gasteiger partial charge >= 0.3 is 5.97 Å². The lowest BCUT2D eigenvalue weighted by Crippen LogP contribution is -1.87. The second-order valence-electron chi connectivity index (χ2n) is 2.57. The lowest BCUT2D eigenvalue weighted by molar-refractivity contribution is -0.131. The van der Waals surface area contributed by atoms with Crippen LogP contribution in [0, 0.1) is 6.92 Å². The second-order valence-corrected chi connectivity index (χ2v) is 3.85. The van der Waals surface area contributed by atoms with Gasteiger partial charge in [-0.2, -0.15) is 0 Å². The molecule has 0 amide bonds. The quantitative estimate of drug-likeness (QED) is 0.755. The number of nitrogens with zero attached hydrogens (tertiary/aromatic N) is 1. The Labute approximate surface area is 80.7 Å². The molecule has 1 aromatic rings. The van der Waals surface area contributed by atoms with Crippen LogP contribution in [0.4, 0.5) is 0 Å². The molecular weight excluding hydrogens is 186 g/mol. The first kappa shape index (κ1) is 9.92. The Hall–Kier alpha value is -1.16. The predicted molar refractivity (Wildman–Crippen MR) is 52.9 cm³/mol. The number of carboxylic acids is 1. The predicted octanol–water partition coefficient (Wildman–Crippen LogP) is 2.11. The first-order chi connectivity index (χ1) is 6.13. The molecule has 0 saturated carbocycles. The minimum absolute atomic E-state index is 0.785. The maximum absolute atomic E-state index is 10.3. The van der Waals surface area contributed by atoms with Crippen molar-refractivity contribution in [1.29, 1.82) is 0 Å². The molecule has 70 valence electrons. The monoisotopic (exact) mass is 197 g/mol. The van der Waals surface area contributed by atoms with Crippen molar-refractivity contribution in [2.75, 3.05) is 0 Å². The summed E-state index contributed by atoms with van der Waals surface area (Å²) in [6.07, 6.45) is 3.56. The normalized spacial score (nSPS) is 10.9. The summed E-state index contributed by atoms with van der Waals surface area (Å²) in [5, 5.41) is 9.41. The molecule has 0 aromatic carbocycles. The van der Waals surface area contributed by atoms with E-state index in [1.165, 1.54) is 0 Å². The number of hydrogen-bond acceptors (Lipinski definition) is 3. The number of aryl methyl sites for hydroxylation is 2. The van der Waals surface area contributed by atoms with E-state index in [0.717, 1.165) is 28.1 Å². The zero-order valence-electron chi connectivity index (χ0n) is 7.57. The van der Waals surface area contributed by atoms with Gasteiger partial charge < -0.3 is 5.11 Å². The van der Waals surface area contributed by atoms with Crippen LogP contribution >= 0.6 is 11.3 Å². The fraction of sp³-hybridized carbons (Fsp3) is 0.333. The fourth-order valence-electron chi connectivity index (χ4n) is 1.02. The fourth-order valence-corrected chi connectivity index (χ4v) is 1.88. The van der Waals surface area contributed by atoms with Crippen LogP contribution in [0.25, 0.3) is 6.08 Å². The van der Waals surface area contributed by atoms with E-state index in [4.69, 9.17) is 5.11 Å². The van der Waals surface area contributed by atoms with Gasteiger partial charge in [-0.15, -0.1) is 11.3 Å². The van der Waals surface area contributed by atoms with Crippen LogP contribution in [0.15, 0.2) is 6.08 Å². The van der Waals surface area contributed by atoms with E-state index in [1.54, 1.807) is 17.4 Å². The Bertz CT molecular complexity index is 341. The highest BCUT2D eigenvalue weighted by atomic mass is 32.1. The largest absolute Gasteiger partial charge is 0.478 e. The van der Waals surface area contributed by atoms with Gasteiger partial charge in [-0.25, -0.2) is 9.78 Å². The summed E-state index contributed by atoms with van der Waals surface area (Å²) in [5.41, 5.74) is 0.785. The van der Waals surface area contributed by atoms with Crippen molar-refractivity contribution in [2.45, 2.75) is 20.3 Å². The molecular formula is C9H11NO2S. The summed E-state index contributed by atoms with van der Waals surface area (Å²) in [4.78, 5) is 15.6. The van der Waals surface area contributed by atoms with E-state index in [-0.39, 0.29) is 0 Å². The average Bonchev–Trinajstić information content (AvgIpc) is 2.42. The van der Waals surface area contributed by atoms with Crippen molar-refractivity contribution in [2.24, 2.45) is 0 Å². The molecule has 1 rings (SSSR count). The molecule has 0 radical (unpaired) electrons. The van der Waals surface area contributed by atoms with Gasteiger partial charge in [0.1, 0.15) is 0 Å². The maximum Gasteiger partial charge on any atom is 0.328 e. The molecule has 1 N–H and O–H groups in total. The Kier molecular flexibility index (Phi) is 3.19. The Morgan fingerprint density at radius 2 is 2.38 bits per heavy atom. The molecule has 4 heteroatoms. The lowest BCUT2D eigenvalue weighted by atomic mass is 10.3. The minimum Gasteiger partial charge on any atom is -0.478 e. The smallest absolute Gasteiger partial charge is 0.328 e. The Morgan fingerprint density at radius 3 is 2.92 bits per heavy atom. The van der Waals surface area contributed by atoms with Crippen LogP contribution in [-0.4, -0.2) is 16.1 Å². The van der Waals surface area contributed by atoms with Gasteiger partial charge in [-0.05, 0) is 19.4 Å². The van der Waals surface area contributed by atoms with Crippen molar-refractivity contribution in [3.05, 3.63) is 21.7 Å². The first-order valence-electron chi connectivity index (χ1n) is 4.00. The maximum atomic E-state index is 10.3. The van der Waals surface area contributed by atoms with Gasteiger partial charge in [-0.3, -0.25) is 0 Å². The van der Waals surface area contributed by atoms with Crippen LogP contribution in [0.2, 0.25) is 0 Å². The van der Waals surface area contributed by atoms with E-state index in [2.05, 4.69) is 4.98 Å². The summed E-state index contributed by atoms with van der Waals surface area (Å²) in [6.45, 7) is 3.95. The molecule has 1 aromatic heterocycles. The molecule has 13 heavy (non-hydrogen) atoms.